The van der Waals surface area contributed by atoms with E-state index in [1.807, 2.05) is 0 Å². The lowest BCUT2D eigenvalue weighted by atomic mass is 10.2. The molecule has 1 aliphatic rings. The maximum atomic E-state index is 13.7. The van der Waals surface area contributed by atoms with Gasteiger partial charge < -0.3 is 14.7 Å². The molecule has 2 heterocycles. The predicted molar refractivity (Wildman–Crippen MR) is 86.5 cm³/mol. The molecule has 2 aromatic rings. The van der Waals surface area contributed by atoms with Gasteiger partial charge in [0.25, 0.3) is 5.89 Å². The average Bonchev–Trinajstić information content (AvgIpc) is 2.97. The molecule has 138 valence electrons. The summed E-state index contributed by atoms with van der Waals surface area (Å²) in [5.41, 5.74) is -0.410. The molecule has 1 aromatic carbocycles. The minimum absolute atomic E-state index is 0.0328. The van der Waals surface area contributed by atoms with Crippen LogP contribution in [0.4, 0.5) is 8.78 Å². The second-order valence-corrected chi connectivity index (χ2v) is 6.02. The van der Waals surface area contributed by atoms with Gasteiger partial charge in [-0.25, -0.2) is 8.78 Å². The summed E-state index contributed by atoms with van der Waals surface area (Å²) in [6.07, 6.45) is 3.15. The van der Waals surface area contributed by atoms with E-state index in [0.29, 0.717) is 13.0 Å². The molecule has 0 atom stereocenters. The van der Waals surface area contributed by atoms with Crippen molar-refractivity contribution in [1.29, 1.82) is 0 Å². The fourth-order valence-corrected chi connectivity index (χ4v) is 2.74. The van der Waals surface area contributed by atoms with Crippen molar-refractivity contribution in [2.24, 2.45) is 0 Å². The van der Waals surface area contributed by atoms with Gasteiger partial charge in [0, 0.05) is 13.0 Å². The van der Waals surface area contributed by atoms with Crippen LogP contribution in [0.15, 0.2) is 22.7 Å². The van der Waals surface area contributed by atoms with Crippen LogP contribution in [0.2, 0.25) is 0 Å². The normalized spacial score (nSPS) is 15.0. The molecule has 9 heteroatoms. The fourth-order valence-electron chi connectivity index (χ4n) is 2.74. The molecule has 0 spiro atoms. The van der Waals surface area contributed by atoms with Crippen LogP contribution in [0.5, 0.6) is 0 Å². The Bertz CT molecular complexity index is 789. The van der Waals surface area contributed by atoms with E-state index in [4.69, 9.17) is 4.52 Å². The zero-order valence-corrected chi connectivity index (χ0v) is 14.0. The van der Waals surface area contributed by atoms with Gasteiger partial charge in [0.05, 0.1) is 13.1 Å². The largest absolute Gasteiger partial charge is 0.347 e. The first-order valence-electron chi connectivity index (χ1n) is 8.36. The van der Waals surface area contributed by atoms with Crippen LogP contribution in [0, 0.1) is 11.6 Å². The van der Waals surface area contributed by atoms with Crippen LogP contribution in [0.3, 0.4) is 0 Å². The third-order valence-electron chi connectivity index (χ3n) is 4.09. The average molecular weight is 364 g/mol. The van der Waals surface area contributed by atoms with Crippen molar-refractivity contribution in [3.63, 3.8) is 0 Å². The third kappa shape index (κ3) is 4.22. The lowest BCUT2D eigenvalue weighted by Crippen LogP contribution is -2.40. The van der Waals surface area contributed by atoms with Gasteiger partial charge in [0.1, 0.15) is 17.2 Å². The molecule has 0 unspecified atom stereocenters. The van der Waals surface area contributed by atoms with Gasteiger partial charge in [-0.15, -0.1) is 0 Å². The quantitative estimate of drug-likeness (QED) is 0.877. The number of hydrogen-bond donors (Lipinski definition) is 1. The van der Waals surface area contributed by atoms with Gasteiger partial charge in [-0.2, -0.15) is 4.98 Å². The summed E-state index contributed by atoms with van der Waals surface area (Å²) in [5, 5.41) is 6.18. The van der Waals surface area contributed by atoms with Crippen molar-refractivity contribution in [1.82, 2.24) is 20.4 Å². The van der Waals surface area contributed by atoms with E-state index >= 15 is 0 Å². The highest BCUT2D eigenvalue weighted by Gasteiger charge is 2.20. The van der Waals surface area contributed by atoms with E-state index in [1.165, 1.54) is 11.0 Å². The van der Waals surface area contributed by atoms with E-state index in [1.54, 1.807) is 0 Å². The zero-order valence-electron chi connectivity index (χ0n) is 14.0. The summed E-state index contributed by atoms with van der Waals surface area (Å²) in [7, 11) is 0. The van der Waals surface area contributed by atoms with E-state index in [9.17, 15) is 18.4 Å². The molecule has 1 aromatic heterocycles. The Morgan fingerprint density at radius 3 is 2.77 bits per heavy atom. The number of benzene rings is 1. The van der Waals surface area contributed by atoms with Crippen LogP contribution >= 0.6 is 0 Å². The second kappa shape index (κ2) is 8.03. The summed E-state index contributed by atoms with van der Waals surface area (Å²) in [6, 6.07) is 3.40. The molecule has 0 aliphatic carbocycles. The highest BCUT2D eigenvalue weighted by Crippen LogP contribution is 2.24. The number of carbonyl (C=O) groups excluding carboxylic acids is 2. The summed E-state index contributed by atoms with van der Waals surface area (Å²) in [5.74, 6) is -2.24. The number of amides is 2. The van der Waals surface area contributed by atoms with E-state index in [0.717, 1.165) is 31.4 Å². The highest BCUT2D eigenvalue weighted by atomic mass is 19.1. The molecular weight excluding hydrogens is 346 g/mol. The maximum Gasteiger partial charge on any atom is 0.263 e. The van der Waals surface area contributed by atoms with Gasteiger partial charge in [-0.1, -0.05) is 17.6 Å². The number of halogens is 2. The number of aromatic nitrogens is 2. The number of hydrogen-bond acceptors (Lipinski definition) is 5. The van der Waals surface area contributed by atoms with Crippen molar-refractivity contribution in [2.75, 3.05) is 13.1 Å². The molecule has 0 bridgehead atoms. The molecular formula is C17H18F2N4O3. The molecule has 1 aliphatic heterocycles. The van der Waals surface area contributed by atoms with Gasteiger partial charge >= 0.3 is 0 Å². The number of likely N-dealkylation sites (tertiary alicyclic amines) is 1. The Balaban J connectivity index is 1.58. The van der Waals surface area contributed by atoms with Gasteiger partial charge in [0.15, 0.2) is 5.82 Å². The number of nitrogens with one attached hydrogen (secondary N) is 1. The number of nitrogens with zero attached hydrogens (tertiary/aromatic N) is 3. The molecule has 26 heavy (non-hydrogen) atoms. The van der Waals surface area contributed by atoms with E-state index < -0.39 is 17.2 Å². The van der Waals surface area contributed by atoms with Crippen LogP contribution in [-0.2, 0) is 16.1 Å². The van der Waals surface area contributed by atoms with Gasteiger partial charge in [-0.3, -0.25) is 9.59 Å². The lowest BCUT2D eigenvalue weighted by Gasteiger charge is -2.19. The van der Waals surface area contributed by atoms with E-state index in [2.05, 4.69) is 15.5 Å². The zero-order chi connectivity index (χ0) is 18.5. The first kappa shape index (κ1) is 18.0. The Hall–Kier alpha value is -2.84. The van der Waals surface area contributed by atoms with Crippen LogP contribution in [0.25, 0.3) is 11.5 Å². The first-order valence-corrected chi connectivity index (χ1v) is 8.36. The molecule has 1 fully saturated rings. The van der Waals surface area contributed by atoms with Gasteiger partial charge in [-0.05, 0) is 25.0 Å². The third-order valence-corrected chi connectivity index (χ3v) is 4.09. The standard InChI is InChI=1S/C17H18F2N4O3/c18-11-5-4-6-12(19)16(11)17-21-13(22-26-17)9-20-14(24)10-23-8-3-1-2-7-15(23)25/h4-6H,1-3,7-10H2,(H,20,24). The van der Waals surface area contributed by atoms with Crippen molar-refractivity contribution in [3.05, 3.63) is 35.7 Å². The highest BCUT2D eigenvalue weighted by molar-refractivity contribution is 5.84. The Labute approximate surface area is 148 Å². The van der Waals surface area contributed by atoms with Crippen molar-refractivity contribution < 1.29 is 22.9 Å². The Kier molecular flexibility index (Phi) is 5.55. The van der Waals surface area contributed by atoms with Crippen LogP contribution < -0.4 is 5.32 Å². The summed E-state index contributed by atoms with van der Waals surface area (Å²) < 4.78 is 32.3. The lowest BCUT2D eigenvalue weighted by molar-refractivity contribution is -0.135. The molecule has 3 rings (SSSR count). The van der Waals surface area contributed by atoms with Crippen molar-refractivity contribution in [3.8, 4) is 11.5 Å². The SMILES string of the molecule is O=C(CN1CCCCCC1=O)NCc1noc(-c2c(F)cccc2F)n1. The smallest absolute Gasteiger partial charge is 0.263 e. The summed E-state index contributed by atoms with van der Waals surface area (Å²) >= 11 is 0. The van der Waals surface area contributed by atoms with Crippen LogP contribution in [0.1, 0.15) is 31.5 Å². The number of carbonyl (C=O) groups is 2. The predicted octanol–water partition coefficient (Wildman–Crippen LogP) is 2.03. The Morgan fingerprint density at radius 1 is 1.23 bits per heavy atom. The van der Waals surface area contributed by atoms with Crippen molar-refractivity contribution in [2.45, 2.75) is 32.2 Å². The van der Waals surface area contributed by atoms with Crippen LogP contribution in [-0.4, -0.2) is 39.9 Å². The molecule has 7 nitrogen and oxygen atoms in total. The first-order chi connectivity index (χ1) is 12.5. The topological polar surface area (TPSA) is 88.3 Å². The Morgan fingerprint density at radius 2 is 2.00 bits per heavy atom. The minimum Gasteiger partial charge on any atom is -0.347 e. The minimum atomic E-state index is -0.816. The molecule has 2 amide bonds. The summed E-state index contributed by atoms with van der Waals surface area (Å²) in [6.45, 7) is 0.455. The number of rotatable bonds is 5. The molecule has 0 radical (unpaired) electrons. The molecule has 1 N–H and O–H groups in total. The second-order valence-electron chi connectivity index (χ2n) is 6.02. The van der Waals surface area contributed by atoms with Crippen molar-refractivity contribution >= 4 is 11.8 Å². The maximum absolute atomic E-state index is 13.7. The fraction of sp³-hybridized carbons (Fsp3) is 0.412. The summed E-state index contributed by atoms with van der Waals surface area (Å²) in [4.78, 5) is 29.3. The molecule has 1 saturated heterocycles. The van der Waals surface area contributed by atoms with Gasteiger partial charge in [0.2, 0.25) is 11.8 Å². The monoisotopic (exact) mass is 364 g/mol. The molecule has 0 saturated carbocycles. The van der Waals surface area contributed by atoms with E-state index in [-0.39, 0.29) is 36.6 Å².